The van der Waals surface area contributed by atoms with Crippen LogP contribution >= 0.6 is 11.3 Å². The van der Waals surface area contributed by atoms with Gasteiger partial charge in [-0.25, -0.2) is 4.79 Å². The number of thiophene rings is 1. The number of pyridine rings is 1. The zero-order chi connectivity index (χ0) is 21.1. The lowest BCUT2D eigenvalue weighted by atomic mass is 9.92. The fraction of sp³-hybridized carbons (Fsp3) is 0.238. The lowest BCUT2D eigenvalue weighted by Crippen LogP contribution is -2.44. The number of fused-ring (bicyclic) bond motifs is 1. The van der Waals surface area contributed by atoms with Gasteiger partial charge in [-0.2, -0.15) is 13.2 Å². The maximum absolute atomic E-state index is 13.5. The third kappa shape index (κ3) is 4.76. The molecule has 2 aromatic heterocycles. The molecular weight excluding hydrogens is 403 g/mol. The Morgan fingerprint density at radius 3 is 2.69 bits per heavy atom. The molecule has 1 unspecified atom stereocenters. The van der Waals surface area contributed by atoms with Gasteiger partial charge in [-0.3, -0.25) is 4.98 Å². The minimum Gasteiger partial charge on any atom is -0.492 e. The van der Waals surface area contributed by atoms with Gasteiger partial charge in [0.2, 0.25) is 0 Å². The summed E-state index contributed by atoms with van der Waals surface area (Å²) in [4.78, 5) is 16.3. The molecule has 0 aliphatic heterocycles. The first-order chi connectivity index (χ1) is 13.7. The van der Waals surface area contributed by atoms with Crippen LogP contribution in [0.25, 0.3) is 20.5 Å². The number of hydrogen-bond acceptors (Lipinski definition) is 5. The number of aromatic nitrogens is 1. The lowest BCUT2D eigenvalue weighted by Gasteiger charge is -2.31. The number of rotatable bonds is 7. The molecule has 0 radical (unpaired) electrons. The van der Waals surface area contributed by atoms with Crippen molar-refractivity contribution in [3.05, 3.63) is 61.4 Å². The van der Waals surface area contributed by atoms with Gasteiger partial charge in [-0.1, -0.05) is 12.6 Å². The van der Waals surface area contributed by atoms with E-state index in [0.717, 1.165) is 33.5 Å². The monoisotopic (exact) mass is 421 g/mol. The van der Waals surface area contributed by atoms with Gasteiger partial charge < -0.3 is 9.47 Å². The summed E-state index contributed by atoms with van der Waals surface area (Å²) in [6, 6.07) is 10.9. The van der Waals surface area contributed by atoms with Crippen LogP contribution in [0.5, 0.6) is 5.75 Å². The average molecular weight is 421 g/mol. The van der Waals surface area contributed by atoms with Crippen LogP contribution < -0.4 is 4.74 Å². The number of benzene rings is 1. The summed E-state index contributed by atoms with van der Waals surface area (Å²) in [7, 11) is 0. The molecule has 8 heteroatoms. The molecule has 0 spiro atoms. The zero-order valence-electron chi connectivity index (χ0n) is 15.5. The van der Waals surface area contributed by atoms with Gasteiger partial charge in [0.1, 0.15) is 24.4 Å². The van der Waals surface area contributed by atoms with Crippen molar-refractivity contribution in [1.29, 1.82) is 0 Å². The van der Waals surface area contributed by atoms with E-state index in [-0.39, 0.29) is 0 Å². The van der Waals surface area contributed by atoms with Gasteiger partial charge in [-0.05, 0) is 42.6 Å². The SMILES string of the molecule is C=CC(=O)OCC(C)(COc1ccc2cc(-c3cccnc3)sc2c1)C(F)(F)F. The number of halogens is 3. The summed E-state index contributed by atoms with van der Waals surface area (Å²) < 4.78 is 51.5. The summed E-state index contributed by atoms with van der Waals surface area (Å²) in [6.07, 6.45) is -0.356. The largest absolute Gasteiger partial charge is 0.492 e. The van der Waals surface area contributed by atoms with E-state index in [9.17, 15) is 18.0 Å². The summed E-state index contributed by atoms with van der Waals surface area (Å²) in [5.74, 6) is -0.606. The maximum atomic E-state index is 13.5. The van der Waals surface area contributed by atoms with Crippen molar-refractivity contribution in [1.82, 2.24) is 4.98 Å². The summed E-state index contributed by atoms with van der Waals surface area (Å²) >= 11 is 1.50. The van der Waals surface area contributed by atoms with Crippen LogP contribution in [0.3, 0.4) is 0 Å². The molecule has 1 atom stereocenters. The molecule has 4 nitrogen and oxygen atoms in total. The zero-order valence-corrected chi connectivity index (χ0v) is 16.3. The van der Waals surface area contributed by atoms with E-state index >= 15 is 0 Å². The number of alkyl halides is 3. The van der Waals surface area contributed by atoms with E-state index in [4.69, 9.17) is 4.74 Å². The van der Waals surface area contributed by atoms with E-state index in [2.05, 4.69) is 16.3 Å². The maximum Gasteiger partial charge on any atom is 0.400 e. The second kappa shape index (κ2) is 8.24. The first-order valence-electron chi connectivity index (χ1n) is 8.64. The Hall–Kier alpha value is -2.87. The number of carbonyl (C=O) groups is 1. The van der Waals surface area contributed by atoms with Crippen LogP contribution in [0.15, 0.2) is 61.4 Å². The molecule has 29 heavy (non-hydrogen) atoms. The summed E-state index contributed by atoms with van der Waals surface area (Å²) in [5, 5.41) is 0.958. The van der Waals surface area contributed by atoms with Crippen molar-refractivity contribution in [3.63, 3.8) is 0 Å². The number of hydrogen-bond donors (Lipinski definition) is 0. The molecule has 2 heterocycles. The number of ether oxygens (including phenoxy) is 2. The summed E-state index contributed by atoms with van der Waals surface area (Å²) in [5.41, 5.74) is -1.39. The van der Waals surface area contributed by atoms with E-state index in [1.165, 1.54) is 11.3 Å². The Balaban J connectivity index is 1.77. The Kier molecular flexibility index (Phi) is 5.93. The highest BCUT2D eigenvalue weighted by molar-refractivity contribution is 7.22. The molecule has 0 aliphatic carbocycles. The Labute approximate surface area is 169 Å². The predicted octanol–water partition coefficient (Wildman–Crippen LogP) is 5.64. The topological polar surface area (TPSA) is 48.4 Å². The van der Waals surface area contributed by atoms with Crippen molar-refractivity contribution < 1.29 is 27.4 Å². The van der Waals surface area contributed by atoms with Crippen LogP contribution in [0.4, 0.5) is 13.2 Å². The average Bonchev–Trinajstić information content (AvgIpc) is 3.13. The fourth-order valence-electron chi connectivity index (χ4n) is 2.49. The molecule has 152 valence electrons. The molecule has 0 fully saturated rings. The van der Waals surface area contributed by atoms with Gasteiger partial charge in [-0.15, -0.1) is 11.3 Å². The van der Waals surface area contributed by atoms with Gasteiger partial charge in [0.05, 0.1) is 0 Å². The molecule has 0 saturated carbocycles. The van der Waals surface area contributed by atoms with Crippen LogP contribution in [0, 0.1) is 5.41 Å². The minimum atomic E-state index is -4.62. The van der Waals surface area contributed by atoms with E-state index in [1.54, 1.807) is 30.6 Å². The summed E-state index contributed by atoms with van der Waals surface area (Å²) in [6.45, 7) is 2.59. The van der Waals surface area contributed by atoms with Gasteiger partial charge >= 0.3 is 12.1 Å². The quantitative estimate of drug-likeness (QED) is 0.366. The number of carbonyl (C=O) groups excluding carboxylic acids is 1. The highest BCUT2D eigenvalue weighted by Crippen LogP contribution is 2.40. The van der Waals surface area contributed by atoms with Crippen LogP contribution in [-0.2, 0) is 9.53 Å². The minimum absolute atomic E-state index is 0.308. The standard InChI is InChI=1S/C21H18F3NO3S/c1-3-19(26)28-13-20(2,21(22,23)24)12-27-16-7-6-14-9-17(29-18(14)10-16)15-5-4-8-25-11-15/h3-11H,1,12-13H2,2H3. The molecule has 0 aliphatic rings. The van der Waals surface area contributed by atoms with Crippen LogP contribution in [0.2, 0.25) is 0 Å². The molecule has 0 amide bonds. The van der Waals surface area contributed by atoms with Crippen molar-refractivity contribution in [2.24, 2.45) is 5.41 Å². The molecule has 3 rings (SSSR count). The first kappa shape index (κ1) is 20.9. The lowest BCUT2D eigenvalue weighted by molar-refractivity contribution is -0.240. The van der Waals surface area contributed by atoms with Crippen LogP contribution in [0.1, 0.15) is 6.92 Å². The Morgan fingerprint density at radius 2 is 2.03 bits per heavy atom. The highest BCUT2D eigenvalue weighted by atomic mass is 32.1. The third-order valence-electron chi connectivity index (χ3n) is 4.38. The van der Waals surface area contributed by atoms with Crippen molar-refractivity contribution in [2.75, 3.05) is 13.2 Å². The predicted molar refractivity (Wildman–Crippen MR) is 106 cm³/mol. The molecule has 1 aromatic carbocycles. The second-order valence-corrected chi connectivity index (χ2v) is 7.79. The van der Waals surface area contributed by atoms with Gasteiger partial charge in [0, 0.05) is 33.6 Å². The molecule has 3 aromatic rings. The van der Waals surface area contributed by atoms with Gasteiger partial charge in [0.25, 0.3) is 0 Å². The molecule has 0 saturated heterocycles. The van der Waals surface area contributed by atoms with Crippen LogP contribution in [-0.4, -0.2) is 30.3 Å². The number of esters is 1. The van der Waals surface area contributed by atoms with Crippen molar-refractivity contribution >= 4 is 27.4 Å². The van der Waals surface area contributed by atoms with Crippen molar-refractivity contribution in [2.45, 2.75) is 13.1 Å². The second-order valence-electron chi connectivity index (χ2n) is 6.71. The molecular formula is C21H18F3NO3S. The normalized spacial score (nSPS) is 13.7. The highest BCUT2D eigenvalue weighted by Gasteiger charge is 2.53. The fourth-order valence-corrected chi connectivity index (χ4v) is 3.57. The smallest absolute Gasteiger partial charge is 0.400 e. The van der Waals surface area contributed by atoms with E-state index < -0.39 is 30.8 Å². The Bertz CT molecular complexity index is 1020. The van der Waals surface area contributed by atoms with E-state index in [1.807, 2.05) is 18.2 Å². The Morgan fingerprint density at radius 1 is 1.24 bits per heavy atom. The molecule has 0 bridgehead atoms. The van der Waals surface area contributed by atoms with Gasteiger partial charge in [0.15, 0.2) is 0 Å². The van der Waals surface area contributed by atoms with Crippen molar-refractivity contribution in [3.8, 4) is 16.2 Å². The first-order valence-corrected chi connectivity index (χ1v) is 9.46. The number of nitrogens with zero attached hydrogens (tertiary/aromatic N) is 1. The van der Waals surface area contributed by atoms with E-state index in [0.29, 0.717) is 5.75 Å². The molecule has 0 N–H and O–H groups in total. The third-order valence-corrected chi connectivity index (χ3v) is 5.53.